The molecule has 0 aliphatic carbocycles. The van der Waals surface area contributed by atoms with Gasteiger partial charge in [0, 0.05) is 24.8 Å². The number of carbonyl (C=O) groups is 1. The Kier molecular flexibility index (Phi) is 6.93. The molecular formula is C17H24N4O3S. The molecule has 2 rings (SSSR count). The number of benzene rings is 1. The third kappa shape index (κ3) is 6.46. The number of amides is 1. The van der Waals surface area contributed by atoms with Crippen molar-refractivity contribution in [3.63, 3.8) is 0 Å². The summed E-state index contributed by atoms with van der Waals surface area (Å²) in [4.78, 5) is 16.3. The minimum Gasteiger partial charge on any atom is -0.310 e. The van der Waals surface area contributed by atoms with Gasteiger partial charge in [0.25, 0.3) is 0 Å². The number of likely N-dealkylation sites (tertiary alicyclic amines) is 1. The topological polar surface area (TPSA) is 93.5 Å². The lowest BCUT2D eigenvalue weighted by Crippen LogP contribution is -2.50. The average molecular weight is 364 g/mol. The van der Waals surface area contributed by atoms with Gasteiger partial charge in [-0.05, 0) is 31.5 Å². The Bertz CT molecular complexity index is 715. The number of nitriles is 1. The smallest absolute Gasteiger partial charge is 0.241 e. The predicted molar refractivity (Wildman–Crippen MR) is 96.5 cm³/mol. The summed E-state index contributed by atoms with van der Waals surface area (Å²) in [5.74, 6) is -0.0820. The van der Waals surface area contributed by atoms with Gasteiger partial charge >= 0.3 is 0 Å². The van der Waals surface area contributed by atoms with Crippen LogP contribution in [0.5, 0.6) is 0 Å². The Labute approximate surface area is 149 Å². The van der Waals surface area contributed by atoms with Crippen molar-refractivity contribution in [3.05, 3.63) is 30.3 Å². The molecule has 1 aliphatic heterocycles. The van der Waals surface area contributed by atoms with E-state index >= 15 is 0 Å². The maximum absolute atomic E-state index is 12.7. The second kappa shape index (κ2) is 8.94. The summed E-state index contributed by atoms with van der Waals surface area (Å²) < 4.78 is 25.4. The van der Waals surface area contributed by atoms with Crippen molar-refractivity contribution in [3.8, 4) is 6.07 Å². The van der Waals surface area contributed by atoms with E-state index in [0.717, 1.165) is 31.3 Å². The van der Waals surface area contributed by atoms with Crippen molar-refractivity contribution in [2.45, 2.75) is 25.3 Å². The fraction of sp³-hybridized carbons (Fsp3) is 0.529. The summed E-state index contributed by atoms with van der Waals surface area (Å²) in [7, 11) is -3.26. The molecule has 1 aliphatic rings. The molecule has 0 radical (unpaired) electrons. The molecule has 136 valence electrons. The first-order chi connectivity index (χ1) is 11.9. The molecule has 8 heteroatoms. The number of anilines is 1. The highest BCUT2D eigenvalue weighted by atomic mass is 32.2. The standard InChI is InChI=1S/C17H24N4O3S/c1-25(23,24)19-15-7-5-11-20(13-15)14-17(22)21(12-6-10-18)16-8-3-2-4-9-16/h2-4,8-9,15,19H,5-7,11-14H2,1H3/t15-/m1/s1. The molecule has 0 saturated carbocycles. The summed E-state index contributed by atoms with van der Waals surface area (Å²) in [5, 5.41) is 8.84. The third-order valence-corrected chi connectivity index (χ3v) is 4.82. The van der Waals surface area contributed by atoms with Gasteiger partial charge in [0.15, 0.2) is 0 Å². The molecule has 0 unspecified atom stereocenters. The number of carbonyl (C=O) groups excluding carboxylic acids is 1. The van der Waals surface area contributed by atoms with Gasteiger partial charge in [-0.15, -0.1) is 0 Å². The van der Waals surface area contributed by atoms with Crippen LogP contribution >= 0.6 is 0 Å². The third-order valence-electron chi connectivity index (χ3n) is 4.06. The molecule has 25 heavy (non-hydrogen) atoms. The first-order valence-electron chi connectivity index (χ1n) is 8.31. The maximum atomic E-state index is 12.7. The Morgan fingerprint density at radius 3 is 2.76 bits per heavy atom. The van der Waals surface area contributed by atoms with E-state index in [9.17, 15) is 13.2 Å². The number of nitrogens with zero attached hydrogens (tertiary/aromatic N) is 3. The van der Waals surface area contributed by atoms with Crippen molar-refractivity contribution in [2.75, 3.05) is 37.3 Å². The Morgan fingerprint density at radius 2 is 2.12 bits per heavy atom. The van der Waals surface area contributed by atoms with Gasteiger partial charge in [0.2, 0.25) is 15.9 Å². The number of hydrogen-bond donors (Lipinski definition) is 1. The zero-order valence-corrected chi connectivity index (χ0v) is 15.2. The summed E-state index contributed by atoms with van der Waals surface area (Å²) in [6, 6.07) is 11.2. The highest BCUT2D eigenvalue weighted by Crippen LogP contribution is 2.16. The van der Waals surface area contributed by atoms with Crippen molar-refractivity contribution < 1.29 is 13.2 Å². The van der Waals surface area contributed by atoms with E-state index in [1.165, 1.54) is 0 Å². The molecule has 1 aromatic carbocycles. The number of piperidine rings is 1. The van der Waals surface area contributed by atoms with E-state index in [0.29, 0.717) is 13.1 Å². The van der Waals surface area contributed by atoms with E-state index in [2.05, 4.69) is 10.8 Å². The SMILES string of the molecule is CS(=O)(=O)N[C@@H]1CCCN(CC(=O)N(CCC#N)c2ccccc2)C1. The van der Waals surface area contributed by atoms with Gasteiger partial charge in [0.1, 0.15) is 0 Å². The second-order valence-electron chi connectivity index (χ2n) is 6.25. The zero-order valence-electron chi connectivity index (χ0n) is 14.4. The summed E-state index contributed by atoms with van der Waals surface area (Å²) in [5.41, 5.74) is 0.769. The molecule has 0 spiro atoms. The van der Waals surface area contributed by atoms with Crippen LogP contribution in [0, 0.1) is 11.3 Å². The van der Waals surface area contributed by atoms with Crippen LogP contribution in [0.2, 0.25) is 0 Å². The lowest BCUT2D eigenvalue weighted by Gasteiger charge is -2.33. The first-order valence-corrected chi connectivity index (χ1v) is 10.2. The zero-order chi connectivity index (χ0) is 18.3. The Morgan fingerprint density at radius 1 is 1.40 bits per heavy atom. The van der Waals surface area contributed by atoms with Crippen molar-refractivity contribution >= 4 is 21.6 Å². The highest BCUT2D eigenvalue weighted by molar-refractivity contribution is 7.88. The summed E-state index contributed by atoms with van der Waals surface area (Å²) in [6.07, 6.45) is 3.02. The Hall–Kier alpha value is -1.95. The van der Waals surface area contributed by atoms with Crippen LogP contribution in [0.25, 0.3) is 0 Å². The lowest BCUT2D eigenvalue weighted by atomic mass is 10.1. The molecule has 0 bridgehead atoms. The fourth-order valence-corrected chi connectivity index (χ4v) is 3.84. The minimum atomic E-state index is -3.26. The summed E-state index contributed by atoms with van der Waals surface area (Å²) in [6.45, 7) is 1.83. The normalized spacial score (nSPS) is 18.5. The molecule has 0 aromatic heterocycles. The van der Waals surface area contributed by atoms with Gasteiger partial charge in [-0.1, -0.05) is 18.2 Å². The van der Waals surface area contributed by atoms with Crippen molar-refractivity contribution in [1.29, 1.82) is 5.26 Å². The molecule has 7 nitrogen and oxygen atoms in total. The fourth-order valence-electron chi connectivity index (χ4n) is 3.04. The van der Waals surface area contributed by atoms with Gasteiger partial charge < -0.3 is 4.90 Å². The van der Waals surface area contributed by atoms with Crippen LogP contribution in [0.3, 0.4) is 0 Å². The van der Waals surface area contributed by atoms with Gasteiger partial charge in [0.05, 0.1) is 25.3 Å². The molecule has 1 N–H and O–H groups in total. The maximum Gasteiger partial charge on any atom is 0.241 e. The quantitative estimate of drug-likeness (QED) is 0.777. The molecule has 1 heterocycles. The minimum absolute atomic E-state index is 0.0820. The van der Waals surface area contributed by atoms with Gasteiger partial charge in [-0.3, -0.25) is 9.69 Å². The molecule has 1 amide bonds. The first kappa shape index (κ1) is 19.4. The lowest BCUT2D eigenvalue weighted by molar-refractivity contribution is -0.120. The summed E-state index contributed by atoms with van der Waals surface area (Å²) >= 11 is 0. The van der Waals surface area contributed by atoms with Gasteiger partial charge in [-0.2, -0.15) is 5.26 Å². The number of nitrogens with one attached hydrogen (secondary N) is 1. The van der Waals surface area contributed by atoms with Gasteiger partial charge in [-0.25, -0.2) is 13.1 Å². The largest absolute Gasteiger partial charge is 0.310 e. The monoisotopic (exact) mass is 364 g/mol. The average Bonchev–Trinajstić information content (AvgIpc) is 2.55. The van der Waals surface area contributed by atoms with Crippen molar-refractivity contribution in [2.24, 2.45) is 0 Å². The second-order valence-corrected chi connectivity index (χ2v) is 8.03. The van der Waals surface area contributed by atoms with Crippen LogP contribution in [0.1, 0.15) is 19.3 Å². The number of hydrogen-bond acceptors (Lipinski definition) is 5. The molecule has 1 atom stereocenters. The van der Waals surface area contributed by atoms with E-state index in [1.807, 2.05) is 35.2 Å². The predicted octanol–water partition coefficient (Wildman–Crippen LogP) is 0.947. The molecular weight excluding hydrogens is 340 g/mol. The number of para-hydroxylation sites is 1. The van der Waals surface area contributed by atoms with E-state index in [-0.39, 0.29) is 24.9 Å². The van der Waals surface area contributed by atoms with Crippen molar-refractivity contribution in [1.82, 2.24) is 9.62 Å². The molecule has 1 fully saturated rings. The van der Waals surface area contributed by atoms with E-state index in [4.69, 9.17) is 5.26 Å². The Balaban J connectivity index is 2.01. The molecule has 1 saturated heterocycles. The van der Waals surface area contributed by atoms with Crippen LogP contribution in [0.15, 0.2) is 30.3 Å². The number of rotatable bonds is 7. The van der Waals surface area contributed by atoms with Crippen LogP contribution in [0.4, 0.5) is 5.69 Å². The highest BCUT2D eigenvalue weighted by Gasteiger charge is 2.25. The van der Waals surface area contributed by atoms with E-state index in [1.54, 1.807) is 4.90 Å². The van der Waals surface area contributed by atoms with Crippen LogP contribution < -0.4 is 9.62 Å². The van der Waals surface area contributed by atoms with Crippen LogP contribution in [-0.2, 0) is 14.8 Å². The van der Waals surface area contributed by atoms with Crippen LogP contribution in [-0.4, -0.2) is 57.7 Å². The molecule has 1 aromatic rings. The number of sulfonamides is 1. The van der Waals surface area contributed by atoms with E-state index < -0.39 is 10.0 Å².